The molecule has 0 spiro atoms. The van der Waals surface area contributed by atoms with E-state index in [1.165, 1.54) is 23.5 Å². The van der Waals surface area contributed by atoms with Gasteiger partial charge in [-0.05, 0) is 38.0 Å². The summed E-state index contributed by atoms with van der Waals surface area (Å²) >= 11 is 7.96. The van der Waals surface area contributed by atoms with Crippen LogP contribution in [-0.2, 0) is 6.42 Å². The molecule has 1 nitrogen and oxygen atoms in total. The Morgan fingerprint density at radius 1 is 1.57 bits per heavy atom. The maximum atomic E-state index is 6.21. The fourth-order valence-electron chi connectivity index (χ4n) is 2.25. The van der Waals surface area contributed by atoms with E-state index in [0.29, 0.717) is 11.3 Å². The number of nitrogens with zero attached hydrogens (tertiary/aromatic N) is 1. The van der Waals surface area contributed by atoms with Crippen molar-refractivity contribution in [1.82, 2.24) is 4.98 Å². The number of hydrogen-bond donors (Lipinski definition) is 0. The Morgan fingerprint density at radius 3 is 2.86 bits per heavy atom. The first-order valence-corrected chi connectivity index (χ1v) is 6.53. The van der Waals surface area contributed by atoms with E-state index in [2.05, 4.69) is 24.2 Å². The molecule has 1 aromatic heterocycles. The van der Waals surface area contributed by atoms with Crippen LogP contribution in [0.1, 0.15) is 30.5 Å². The zero-order valence-electron chi connectivity index (χ0n) is 8.66. The van der Waals surface area contributed by atoms with Crippen molar-refractivity contribution in [2.75, 3.05) is 0 Å². The highest BCUT2D eigenvalue weighted by Crippen LogP contribution is 2.37. The Kier molecular flexibility index (Phi) is 3.13. The fraction of sp³-hybridized carbons (Fsp3) is 0.727. The van der Waals surface area contributed by atoms with Gasteiger partial charge in [-0.3, -0.25) is 0 Å². The summed E-state index contributed by atoms with van der Waals surface area (Å²) in [6.07, 6.45) is 3.57. The topological polar surface area (TPSA) is 12.9 Å². The van der Waals surface area contributed by atoms with Gasteiger partial charge in [0.15, 0.2) is 0 Å². The van der Waals surface area contributed by atoms with Gasteiger partial charge in [0, 0.05) is 10.8 Å². The van der Waals surface area contributed by atoms with Gasteiger partial charge in [-0.1, -0.05) is 6.92 Å². The molecule has 1 fully saturated rings. The molecule has 1 aliphatic carbocycles. The van der Waals surface area contributed by atoms with Crippen LogP contribution in [-0.4, -0.2) is 10.4 Å². The third-order valence-electron chi connectivity index (χ3n) is 3.27. The molecule has 3 atom stereocenters. The molecule has 14 heavy (non-hydrogen) atoms. The minimum Gasteiger partial charge on any atom is -0.247 e. The summed E-state index contributed by atoms with van der Waals surface area (Å²) < 4.78 is 0. The minimum atomic E-state index is 0.389. The second kappa shape index (κ2) is 4.19. The lowest BCUT2D eigenvalue weighted by Crippen LogP contribution is -2.13. The Hall–Kier alpha value is -0.0800. The molecular formula is C11H16ClNS. The van der Waals surface area contributed by atoms with Crippen LogP contribution in [0.5, 0.6) is 0 Å². The summed E-state index contributed by atoms with van der Waals surface area (Å²) in [6.45, 7) is 4.34. The average molecular weight is 230 g/mol. The molecule has 0 N–H and O–H groups in total. The summed E-state index contributed by atoms with van der Waals surface area (Å²) in [6, 6.07) is 0. The van der Waals surface area contributed by atoms with Gasteiger partial charge in [-0.2, -0.15) is 0 Å². The number of alkyl halides is 1. The lowest BCUT2D eigenvalue weighted by molar-refractivity contribution is 0.416. The maximum Gasteiger partial charge on any atom is 0.0897 e. The van der Waals surface area contributed by atoms with Crippen LogP contribution in [0.25, 0.3) is 0 Å². The third kappa shape index (κ3) is 2.12. The van der Waals surface area contributed by atoms with Crippen molar-refractivity contribution in [3.63, 3.8) is 0 Å². The second-order valence-corrected chi connectivity index (χ2v) is 5.90. The summed E-state index contributed by atoms with van der Waals surface area (Å²) in [5.41, 5.74) is 1.26. The van der Waals surface area contributed by atoms with E-state index in [4.69, 9.17) is 11.6 Å². The molecule has 1 saturated carbocycles. The summed E-state index contributed by atoms with van der Waals surface area (Å²) in [5.74, 6) is 1.40. The first kappa shape index (κ1) is 10.4. The number of hydrogen-bond acceptors (Lipinski definition) is 2. The molecule has 0 amide bonds. The number of rotatable bonds is 2. The lowest BCUT2D eigenvalue weighted by atomic mass is 9.93. The van der Waals surface area contributed by atoms with Crippen molar-refractivity contribution in [2.45, 2.75) is 38.5 Å². The van der Waals surface area contributed by atoms with Crippen molar-refractivity contribution >= 4 is 22.9 Å². The molecule has 0 radical (unpaired) electrons. The molecule has 3 heteroatoms. The first-order chi connectivity index (χ1) is 6.66. The van der Waals surface area contributed by atoms with Crippen LogP contribution in [0.4, 0.5) is 0 Å². The van der Waals surface area contributed by atoms with E-state index in [9.17, 15) is 0 Å². The standard InChI is InChI=1S/C11H16ClNS/c1-7-9(3-4-11(7)12)5-10-6-14-8(2)13-10/h6-7,9,11H,3-5H2,1-2H3. The molecule has 0 aromatic carbocycles. The third-order valence-corrected chi connectivity index (χ3v) is 4.70. The van der Waals surface area contributed by atoms with Crippen molar-refractivity contribution in [3.8, 4) is 0 Å². The van der Waals surface area contributed by atoms with E-state index in [1.54, 1.807) is 11.3 Å². The van der Waals surface area contributed by atoms with Gasteiger partial charge in [0.1, 0.15) is 0 Å². The normalized spacial score (nSPS) is 32.4. The van der Waals surface area contributed by atoms with Crippen molar-refractivity contribution in [2.24, 2.45) is 11.8 Å². The Morgan fingerprint density at radius 2 is 2.36 bits per heavy atom. The lowest BCUT2D eigenvalue weighted by Gasteiger charge is -2.15. The highest BCUT2D eigenvalue weighted by Gasteiger charge is 2.31. The zero-order valence-corrected chi connectivity index (χ0v) is 10.2. The summed E-state index contributed by atoms with van der Waals surface area (Å²) in [5, 5.41) is 3.75. The largest absolute Gasteiger partial charge is 0.247 e. The molecule has 1 aromatic rings. The molecular weight excluding hydrogens is 214 g/mol. The fourth-order valence-corrected chi connectivity index (χ4v) is 3.21. The first-order valence-electron chi connectivity index (χ1n) is 5.22. The van der Waals surface area contributed by atoms with Crippen LogP contribution in [0.3, 0.4) is 0 Å². The highest BCUT2D eigenvalue weighted by molar-refractivity contribution is 7.09. The van der Waals surface area contributed by atoms with Crippen molar-refractivity contribution in [1.29, 1.82) is 0 Å². The Balaban J connectivity index is 1.98. The van der Waals surface area contributed by atoms with E-state index < -0.39 is 0 Å². The maximum absolute atomic E-state index is 6.21. The van der Waals surface area contributed by atoms with E-state index in [0.717, 1.165) is 12.3 Å². The highest BCUT2D eigenvalue weighted by atomic mass is 35.5. The number of aryl methyl sites for hydroxylation is 1. The van der Waals surface area contributed by atoms with Gasteiger partial charge in [-0.25, -0.2) is 4.98 Å². The molecule has 2 rings (SSSR count). The van der Waals surface area contributed by atoms with E-state index in [1.807, 2.05) is 0 Å². The predicted molar refractivity (Wildman–Crippen MR) is 62.1 cm³/mol. The Bertz CT molecular complexity index is 310. The van der Waals surface area contributed by atoms with Gasteiger partial charge >= 0.3 is 0 Å². The SMILES string of the molecule is Cc1nc(CC2CCC(Cl)C2C)cs1. The van der Waals surface area contributed by atoms with Gasteiger partial charge in [0.25, 0.3) is 0 Å². The van der Waals surface area contributed by atoms with Crippen LogP contribution >= 0.6 is 22.9 Å². The number of halogens is 1. The average Bonchev–Trinajstić information content (AvgIpc) is 2.67. The Labute approximate surface area is 94.5 Å². The molecule has 78 valence electrons. The molecule has 0 bridgehead atoms. The van der Waals surface area contributed by atoms with Gasteiger partial charge in [-0.15, -0.1) is 22.9 Å². The predicted octanol–water partition coefficient (Wildman–Crippen LogP) is 3.65. The van der Waals surface area contributed by atoms with Crippen LogP contribution < -0.4 is 0 Å². The summed E-state index contributed by atoms with van der Waals surface area (Å²) in [7, 11) is 0. The minimum absolute atomic E-state index is 0.389. The number of aromatic nitrogens is 1. The molecule has 1 aliphatic rings. The van der Waals surface area contributed by atoms with E-state index >= 15 is 0 Å². The van der Waals surface area contributed by atoms with E-state index in [-0.39, 0.29) is 0 Å². The monoisotopic (exact) mass is 229 g/mol. The van der Waals surface area contributed by atoms with Gasteiger partial charge in [0.2, 0.25) is 0 Å². The van der Waals surface area contributed by atoms with Crippen LogP contribution in [0.2, 0.25) is 0 Å². The van der Waals surface area contributed by atoms with Crippen molar-refractivity contribution < 1.29 is 0 Å². The van der Waals surface area contributed by atoms with Crippen molar-refractivity contribution in [3.05, 3.63) is 16.1 Å². The molecule has 3 unspecified atom stereocenters. The molecule has 0 aliphatic heterocycles. The van der Waals surface area contributed by atoms with Crippen LogP contribution in [0.15, 0.2) is 5.38 Å². The molecule has 0 saturated heterocycles. The summed E-state index contributed by atoms with van der Waals surface area (Å²) in [4.78, 5) is 4.51. The van der Waals surface area contributed by atoms with Crippen LogP contribution in [0, 0.1) is 18.8 Å². The number of thiazole rings is 1. The second-order valence-electron chi connectivity index (χ2n) is 4.27. The smallest absolute Gasteiger partial charge is 0.0897 e. The van der Waals surface area contributed by atoms with Gasteiger partial charge in [0.05, 0.1) is 10.7 Å². The quantitative estimate of drug-likeness (QED) is 0.706. The zero-order chi connectivity index (χ0) is 10.1. The van der Waals surface area contributed by atoms with Gasteiger partial charge < -0.3 is 0 Å². The molecule has 1 heterocycles.